The predicted octanol–water partition coefficient (Wildman–Crippen LogP) is 2.15. The highest BCUT2D eigenvalue weighted by molar-refractivity contribution is 7.90. The number of allylic oxidation sites excluding steroid dienone is 1. The Labute approximate surface area is 128 Å². The Balaban J connectivity index is 2.03. The van der Waals surface area contributed by atoms with Crippen molar-refractivity contribution in [2.75, 3.05) is 7.11 Å². The molecule has 114 valence electrons. The number of hydrogen-bond donors (Lipinski definition) is 0. The van der Waals surface area contributed by atoms with E-state index in [-0.39, 0.29) is 4.90 Å². The molecule has 22 heavy (non-hydrogen) atoms. The number of carbonyl (C=O) groups excluding carboxylic acids is 1. The van der Waals surface area contributed by atoms with Crippen molar-refractivity contribution < 1.29 is 17.9 Å². The highest BCUT2D eigenvalue weighted by Crippen LogP contribution is 2.30. The molecule has 0 radical (unpaired) electrons. The Kier molecular flexibility index (Phi) is 3.41. The Hall–Kier alpha value is -2.34. The lowest BCUT2D eigenvalue weighted by molar-refractivity contribution is -0.133. The zero-order valence-electron chi connectivity index (χ0n) is 12.2. The number of aryl methyl sites for hydroxylation is 1. The van der Waals surface area contributed by atoms with Gasteiger partial charge in [0.15, 0.2) is 0 Å². The molecule has 0 bridgehead atoms. The van der Waals surface area contributed by atoms with Crippen molar-refractivity contribution in [3.8, 4) is 0 Å². The van der Waals surface area contributed by atoms with E-state index in [0.717, 1.165) is 15.1 Å². The topological polar surface area (TPSA) is 65.4 Å². The molecule has 1 aromatic heterocycles. The third kappa shape index (κ3) is 2.25. The average Bonchev–Trinajstić information content (AvgIpc) is 3.07. The second-order valence-electron chi connectivity index (χ2n) is 5.16. The SMILES string of the molecule is COC(=O)C1=CCc2cn(S(=O)(=O)c3ccc(C)cc3)cc21. The quantitative estimate of drug-likeness (QED) is 0.814. The Morgan fingerprint density at radius 2 is 1.86 bits per heavy atom. The normalized spacial score (nSPS) is 13.6. The van der Waals surface area contributed by atoms with Crippen LogP contribution in [0.3, 0.4) is 0 Å². The number of fused-ring (bicyclic) bond motifs is 1. The van der Waals surface area contributed by atoms with Gasteiger partial charge in [-0.15, -0.1) is 0 Å². The van der Waals surface area contributed by atoms with Crippen LogP contribution < -0.4 is 0 Å². The number of methoxy groups -OCH3 is 1. The van der Waals surface area contributed by atoms with Crippen LogP contribution in [0.25, 0.3) is 5.57 Å². The fourth-order valence-corrected chi connectivity index (χ4v) is 3.71. The van der Waals surface area contributed by atoms with Crippen LogP contribution in [0.15, 0.2) is 47.6 Å². The average molecular weight is 317 g/mol. The maximum absolute atomic E-state index is 12.6. The van der Waals surface area contributed by atoms with Gasteiger partial charge >= 0.3 is 5.97 Å². The third-order valence-electron chi connectivity index (χ3n) is 3.70. The molecular weight excluding hydrogens is 302 g/mol. The number of rotatable bonds is 3. The lowest BCUT2D eigenvalue weighted by Crippen LogP contribution is -2.11. The summed E-state index contributed by atoms with van der Waals surface area (Å²) < 4.78 is 31.1. The van der Waals surface area contributed by atoms with Crippen molar-refractivity contribution in [2.24, 2.45) is 0 Å². The molecule has 0 unspecified atom stereocenters. The summed E-state index contributed by atoms with van der Waals surface area (Å²) >= 11 is 0. The monoisotopic (exact) mass is 317 g/mol. The summed E-state index contributed by atoms with van der Waals surface area (Å²) in [5.74, 6) is -0.454. The van der Waals surface area contributed by atoms with Crippen molar-refractivity contribution in [3.05, 3.63) is 59.4 Å². The van der Waals surface area contributed by atoms with E-state index in [1.807, 2.05) is 6.92 Å². The molecule has 0 saturated heterocycles. The Morgan fingerprint density at radius 1 is 1.18 bits per heavy atom. The van der Waals surface area contributed by atoms with Gasteiger partial charge in [-0.2, -0.15) is 0 Å². The smallest absolute Gasteiger partial charge is 0.338 e. The van der Waals surface area contributed by atoms with Crippen LogP contribution in [0.5, 0.6) is 0 Å². The molecule has 0 amide bonds. The van der Waals surface area contributed by atoms with Crippen molar-refractivity contribution in [1.29, 1.82) is 0 Å². The first-order valence-corrected chi connectivity index (χ1v) is 8.19. The second kappa shape index (κ2) is 5.14. The summed E-state index contributed by atoms with van der Waals surface area (Å²) in [4.78, 5) is 11.9. The summed E-state index contributed by atoms with van der Waals surface area (Å²) in [5, 5.41) is 0. The van der Waals surface area contributed by atoms with E-state index in [9.17, 15) is 13.2 Å². The standard InChI is InChI=1S/C16H15NO4S/c1-11-3-6-13(7-4-11)22(19,20)17-9-12-5-8-14(15(12)10-17)16(18)21-2/h3-4,6-10H,5H2,1-2H3. The van der Waals surface area contributed by atoms with E-state index in [4.69, 9.17) is 4.74 Å². The summed E-state index contributed by atoms with van der Waals surface area (Å²) in [6.45, 7) is 1.90. The zero-order valence-corrected chi connectivity index (χ0v) is 13.1. The number of esters is 1. The van der Waals surface area contributed by atoms with Gasteiger partial charge in [-0.1, -0.05) is 23.8 Å². The van der Waals surface area contributed by atoms with Gasteiger partial charge in [-0.3, -0.25) is 0 Å². The van der Waals surface area contributed by atoms with Crippen molar-refractivity contribution in [2.45, 2.75) is 18.2 Å². The first-order valence-electron chi connectivity index (χ1n) is 6.75. The lowest BCUT2D eigenvalue weighted by atomic mass is 10.1. The zero-order chi connectivity index (χ0) is 15.9. The highest BCUT2D eigenvalue weighted by Gasteiger charge is 2.26. The molecule has 1 aliphatic carbocycles. The molecule has 5 nitrogen and oxygen atoms in total. The molecule has 0 aliphatic heterocycles. The number of hydrogen-bond acceptors (Lipinski definition) is 4. The van der Waals surface area contributed by atoms with Gasteiger partial charge in [-0.25, -0.2) is 17.2 Å². The lowest BCUT2D eigenvalue weighted by Gasteiger charge is -2.06. The molecular formula is C16H15NO4S. The van der Waals surface area contributed by atoms with E-state index in [1.165, 1.54) is 13.3 Å². The van der Waals surface area contributed by atoms with Crippen LogP contribution in [-0.2, 0) is 26.0 Å². The molecule has 0 fully saturated rings. The minimum atomic E-state index is -3.65. The summed E-state index contributed by atoms with van der Waals surface area (Å²) in [7, 11) is -2.35. The van der Waals surface area contributed by atoms with E-state index in [2.05, 4.69) is 0 Å². The van der Waals surface area contributed by atoms with Crippen LogP contribution in [0.4, 0.5) is 0 Å². The molecule has 0 N–H and O–H groups in total. The largest absolute Gasteiger partial charge is 0.465 e. The number of benzene rings is 1. The molecule has 6 heteroatoms. The third-order valence-corrected chi connectivity index (χ3v) is 5.34. The van der Waals surface area contributed by atoms with Crippen molar-refractivity contribution >= 4 is 21.6 Å². The first kappa shape index (κ1) is 14.6. The maximum atomic E-state index is 12.6. The number of nitrogens with zero attached hydrogens (tertiary/aromatic N) is 1. The number of aromatic nitrogens is 1. The molecule has 2 aromatic rings. The molecule has 1 aromatic carbocycles. The summed E-state index contributed by atoms with van der Waals surface area (Å²) in [6, 6.07) is 6.66. The van der Waals surface area contributed by atoms with Crippen molar-refractivity contribution in [3.63, 3.8) is 0 Å². The van der Waals surface area contributed by atoms with Crippen LogP contribution in [0.2, 0.25) is 0 Å². The van der Waals surface area contributed by atoms with Crippen molar-refractivity contribution in [1.82, 2.24) is 3.97 Å². The van der Waals surface area contributed by atoms with E-state index < -0.39 is 16.0 Å². The van der Waals surface area contributed by atoms with Gasteiger partial charge < -0.3 is 4.74 Å². The van der Waals surface area contributed by atoms with Crippen LogP contribution in [-0.4, -0.2) is 25.5 Å². The predicted molar refractivity (Wildman–Crippen MR) is 81.9 cm³/mol. The highest BCUT2D eigenvalue weighted by atomic mass is 32.2. The van der Waals surface area contributed by atoms with Gasteiger partial charge in [0.05, 0.1) is 17.6 Å². The van der Waals surface area contributed by atoms with E-state index in [0.29, 0.717) is 17.6 Å². The summed E-state index contributed by atoms with van der Waals surface area (Å²) in [6.07, 6.45) is 5.30. The summed E-state index contributed by atoms with van der Waals surface area (Å²) in [5.41, 5.74) is 2.82. The van der Waals surface area contributed by atoms with Crippen LogP contribution in [0, 0.1) is 6.92 Å². The van der Waals surface area contributed by atoms with Crippen LogP contribution in [0.1, 0.15) is 16.7 Å². The molecule has 0 atom stereocenters. The van der Waals surface area contributed by atoms with Gasteiger partial charge in [-0.05, 0) is 31.0 Å². The maximum Gasteiger partial charge on any atom is 0.338 e. The Bertz CT molecular complexity index is 873. The molecule has 0 spiro atoms. The fourth-order valence-electron chi connectivity index (χ4n) is 2.47. The first-order chi connectivity index (χ1) is 10.4. The Morgan fingerprint density at radius 3 is 2.50 bits per heavy atom. The minimum Gasteiger partial charge on any atom is -0.465 e. The van der Waals surface area contributed by atoms with Gasteiger partial charge in [0.25, 0.3) is 10.0 Å². The van der Waals surface area contributed by atoms with Gasteiger partial charge in [0.1, 0.15) is 0 Å². The van der Waals surface area contributed by atoms with Crippen LogP contribution >= 0.6 is 0 Å². The number of carbonyl (C=O) groups is 1. The number of ether oxygens (including phenoxy) is 1. The van der Waals surface area contributed by atoms with E-state index in [1.54, 1.807) is 36.5 Å². The van der Waals surface area contributed by atoms with Gasteiger partial charge in [0.2, 0.25) is 0 Å². The molecule has 0 saturated carbocycles. The molecule has 3 rings (SSSR count). The fraction of sp³-hybridized carbons (Fsp3) is 0.188. The molecule has 1 aliphatic rings. The minimum absolute atomic E-state index is 0.218. The van der Waals surface area contributed by atoms with Gasteiger partial charge in [0, 0.05) is 18.0 Å². The van der Waals surface area contributed by atoms with E-state index >= 15 is 0 Å². The second-order valence-corrected chi connectivity index (χ2v) is 7.00. The molecule has 1 heterocycles.